The van der Waals surface area contributed by atoms with E-state index in [9.17, 15) is 0 Å². The first-order valence-corrected chi connectivity index (χ1v) is 6.52. The van der Waals surface area contributed by atoms with Crippen LogP contribution >= 0.6 is 11.3 Å². The summed E-state index contributed by atoms with van der Waals surface area (Å²) in [5.41, 5.74) is 6.44. The van der Waals surface area contributed by atoms with Crippen molar-refractivity contribution >= 4 is 27.5 Å². The maximum atomic E-state index is 9.11. The van der Waals surface area contributed by atoms with Gasteiger partial charge in [-0.1, -0.05) is 12.1 Å². The van der Waals surface area contributed by atoms with Crippen LogP contribution in [0.3, 0.4) is 0 Å². The second-order valence-electron chi connectivity index (χ2n) is 3.93. The van der Waals surface area contributed by atoms with Gasteiger partial charge in [-0.3, -0.25) is 0 Å². The van der Waals surface area contributed by atoms with Crippen LogP contribution in [0.1, 0.15) is 5.56 Å². The van der Waals surface area contributed by atoms with Crippen LogP contribution in [-0.2, 0) is 6.61 Å². The van der Waals surface area contributed by atoms with Crippen LogP contribution in [0.15, 0.2) is 35.7 Å². The lowest BCUT2D eigenvalue weighted by atomic mass is 10.2. The van der Waals surface area contributed by atoms with E-state index in [0.717, 1.165) is 15.8 Å². The van der Waals surface area contributed by atoms with Gasteiger partial charge in [0.15, 0.2) is 0 Å². The Morgan fingerprint density at radius 2 is 2.16 bits per heavy atom. The SMILES string of the molecule is Nc1nc(Oc2cccc(CO)c2)c2ccsc2n1. The molecule has 3 rings (SSSR count). The largest absolute Gasteiger partial charge is 0.438 e. The number of thiophene rings is 1. The number of aliphatic hydroxyl groups excluding tert-OH is 1. The standard InChI is InChI=1S/C13H11N3O2S/c14-13-15-11(10-4-5-19-12(10)16-13)18-9-3-1-2-8(6-9)7-17/h1-6,17H,7H2,(H2,14,15,16). The normalized spacial score (nSPS) is 10.8. The number of hydrogen-bond acceptors (Lipinski definition) is 6. The molecule has 0 radical (unpaired) electrons. The first-order valence-electron chi connectivity index (χ1n) is 5.64. The second kappa shape index (κ2) is 4.83. The van der Waals surface area contributed by atoms with E-state index in [4.69, 9.17) is 15.6 Å². The van der Waals surface area contributed by atoms with Crippen LogP contribution in [0.25, 0.3) is 10.2 Å². The average molecular weight is 273 g/mol. The average Bonchev–Trinajstić information content (AvgIpc) is 2.87. The van der Waals surface area contributed by atoms with Crippen molar-refractivity contribution in [2.45, 2.75) is 6.61 Å². The summed E-state index contributed by atoms with van der Waals surface area (Å²) in [7, 11) is 0. The first-order chi connectivity index (χ1) is 9.26. The summed E-state index contributed by atoms with van der Waals surface area (Å²) < 4.78 is 5.74. The van der Waals surface area contributed by atoms with Crippen molar-refractivity contribution in [2.75, 3.05) is 5.73 Å². The smallest absolute Gasteiger partial charge is 0.232 e. The summed E-state index contributed by atoms with van der Waals surface area (Å²) in [4.78, 5) is 9.04. The summed E-state index contributed by atoms with van der Waals surface area (Å²) >= 11 is 1.48. The van der Waals surface area contributed by atoms with Crippen LogP contribution in [0, 0.1) is 0 Å². The number of fused-ring (bicyclic) bond motifs is 1. The number of benzene rings is 1. The van der Waals surface area contributed by atoms with Gasteiger partial charge in [-0.25, -0.2) is 4.98 Å². The molecule has 0 aliphatic heterocycles. The predicted molar refractivity (Wildman–Crippen MR) is 74.3 cm³/mol. The fourth-order valence-electron chi connectivity index (χ4n) is 1.74. The Kier molecular flexibility index (Phi) is 3.02. The molecule has 3 N–H and O–H groups in total. The molecule has 0 unspecified atom stereocenters. The van der Waals surface area contributed by atoms with Crippen LogP contribution in [0.5, 0.6) is 11.6 Å². The molecule has 5 nitrogen and oxygen atoms in total. The van der Waals surface area contributed by atoms with E-state index in [2.05, 4.69) is 9.97 Å². The molecule has 0 aliphatic carbocycles. The van der Waals surface area contributed by atoms with Gasteiger partial charge in [0, 0.05) is 0 Å². The number of nitrogen functional groups attached to an aromatic ring is 1. The molecule has 19 heavy (non-hydrogen) atoms. The van der Waals surface area contributed by atoms with E-state index < -0.39 is 0 Å². The second-order valence-corrected chi connectivity index (χ2v) is 4.83. The zero-order valence-corrected chi connectivity index (χ0v) is 10.7. The van der Waals surface area contributed by atoms with E-state index in [1.165, 1.54) is 11.3 Å². The molecule has 2 heterocycles. The van der Waals surface area contributed by atoms with Gasteiger partial charge < -0.3 is 15.6 Å². The molecule has 0 saturated carbocycles. The summed E-state index contributed by atoms with van der Waals surface area (Å²) in [5.74, 6) is 1.22. The monoisotopic (exact) mass is 273 g/mol. The van der Waals surface area contributed by atoms with Gasteiger partial charge in [0.2, 0.25) is 11.8 Å². The molecule has 0 atom stereocenters. The minimum atomic E-state index is -0.0308. The van der Waals surface area contributed by atoms with Crippen LogP contribution in [0.4, 0.5) is 5.95 Å². The molecule has 2 aromatic heterocycles. The van der Waals surface area contributed by atoms with Crippen molar-refractivity contribution in [2.24, 2.45) is 0 Å². The van der Waals surface area contributed by atoms with Gasteiger partial charge in [0.1, 0.15) is 10.6 Å². The third-order valence-corrected chi connectivity index (χ3v) is 3.41. The lowest BCUT2D eigenvalue weighted by Gasteiger charge is -2.07. The Labute approximate surface area is 113 Å². The molecule has 0 aliphatic rings. The molecule has 96 valence electrons. The van der Waals surface area contributed by atoms with Crippen LogP contribution < -0.4 is 10.5 Å². The quantitative estimate of drug-likeness (QED) is 0.766. The molecule has 0 bridgehead atoms. The number of rotatable bonds is 3. The van der Waals surface area contributed by atoms with Gasteiger partial charge >= 0.3 is 0 Å². The summed E-state index contributed by atoms with van der Waals surface area (Å²) in [6.07, 6.45) is 0. The van der Waals surface area contributed by atoms with Gasteiger partial charge in [-0.15, -0.1) is 11.3 Å². The maximum Gasteiger partial charge on any atom is 0.232 e. The lowest BCUT2D eigenvalue weighted by molar-refractivity contribution is 0.281. The third-order valence-electron chi connectivity index (χ3n) is 2.60. The Balaban J connectivity index is 2.02. The Hall–Kier alpha value is -2.18. The van der Waals surface area contributed by atoms with E-state index in [1.54, 1.807) is 12.1 Å². The maximum absolute atomic E-state index is 9.11. The topological polar surface area (TPSA) is 81.3 Å². The van der Waals surface area contributed by atoms with Gasteiger partial charge in [0.05, 0.1) is 12.0 Å². The van der Waals surface area contributed by atoms with Gasteiger partial charge in [-0.2, -0.15) is 4.98 Å². The Bertz CT molecular complexity index is 727. The molecule has 3 aromatic rings. The van der Waals surface area contributed by atoms with Crippen LogP contribution in [-0.4, -0.2) is 15.1 Å². The summed E-state index contributed by atoms with van der Waals surface area (Å²) in [5, 5.41) is 11.9. The molecule has 0 amide bonds. The zero-order chi connectivity index (χ0) is 13.2. The highest BCUT2D eigenvalue weighted by Gasteiger charge is 2.09. The molecule has 0 fully saturated rings. The molecular weight excluding hydrogens is 262 g/mol. The van der Waals surface area contributed by atoms with Crippen molar-refractivity contribution < 1.29 is 9.84 Å². The third kappa shape index (κ3) is 2.35. The summed E-state index contributed by atoms with van der Waals surface area (Å²) in [6.45, 7) is -0.0308. The zero-order valence-electron chi connectivity index (χ0n) is 9.91. The van der Waals surface area contributed by atoms with Gasteiger partial charge in [-0.05, 0) is 29.1 Å². The van der Waals surface area contributed by atoms with E-state index >= 15 is 0 Å². The first kappa shape index (κ1) is 11.9. The molecule has 6 heteroatoms. The van der Waals surface area contributed by atoms with Gasteiger partial charge in [0.25, 0.3) is 0 Å². The number of aromatic nitrogens is 2. The lowest BCUT2D eigenvalue weighted by Crippen LogP contribution is -1.97. The van der Waals surface area contributed by atoms with E-state index in [1.807, 2.05) is 23.6 Å². The summed E-state index contributed by atoms with van der Waals surface area (Å²) in [6, 6.07) is 9.09. The Morgan fingerprint density at radius 3 is 3.00 bits per heavy atom. The van der Waals surface area contributed by atoms with E-state index in [-0.39, 0.29) is 12.6 Å². The minimum Gasteiger partial charge on any atom is -0.438 e. The van der Waals surface area contributed by atoms with Crippen molar-refractivity contribution in [3.63, 3.8) is 0 Å². The minimum absolute atomic E-state index is 0.0308. The molecule has 0 saturated heterocycles. The highest BCUT2D eigenvalue weighted by molar-refractivity contribution is 7.16. The number of ether oxygens (including phenoxy) is 1. The fourth-order valence-corrected chi connectivity index (χ4v) is 2.50. The van der Waals surface area contributed by atoms with Crippen molar-refractivity contribution in [1.82, 2.24) is 9.97 Å². The van der Waals surface area contributed by atoms with Crippen molar-refractivity contribution in [1.29, 1.82) is 0 Å². The molecule has 0 spiro atoms. The Morgan fingerprint density at radius 1 is 1.26 bits per heavy atom. The highest BCUT2D eigenvalue weighted by atomic mass is 32.1. The number of anilines is 1. The molecular formula is C13H11N3O2S. The number of nitrogens with zero attached hydrogens (tertiary/aromatic N) is 2. The van der Waals surface area contributed by atoms with Crippen molar-refractivity contribution in [3.8, 4) is 11.6 Å². The van der Waals surface area contributed by atoms with E-state index in [0.29, 0.717) is 11.6 Å². The predicted octanol–water partition coefficient (Wildman–Crippen LogP) is 2.56. The number of hydrogen-bond donors (Lipinski definition) is 2. The fraction of sp³-hybridized carbons (Fsp3) is 0.0769. The highest BCUT2D eigenvalue weighted by Crippen LogP contribution is 2.31. The van der Waals surface area contributed by atoms with Crippen molar-refractivity contribution in [3.05, 3.63) is 41.3 Å². The number of nitrogens with two attached hydrogens (primary N) is 1. The van der Waals surface area contributed by atoms with Crippen LogP contribution in [0.2, 0.25) is 0 Å². The molecule has 1 aromatic carbocycles. The number of aliphatic hydroxyl groups is 1.